The molecule has 1 atom stereocenters. The van der Waals surface area contributed by atoms with Gasteiger partial charge in [-0.05, 0) is 43.2 Å². The van der Waals surface area contributed by atoms with Gasteiger partial charge in [-0.1, -0.05) is 29.3 Å². The molecule has 32 heavy (non-hydrogen) atoms. The molecule has 0 radical (unpaired) electrons. The molecule has 0 bridgehead atoms. The number of aliphatic hydroxyl groups excluding tert-OH is 1. The zero-order chi connectivity index (χ0) is 23.1. The normalized spacial score (nSPS) is 15.8. The number of nitrogens with zero attached hydrogens (tertiary/aromatic N) is 1. The summed E-state index contributed by atoms with van der Waals surface area (Å²) in [5.74, 6) is 0.192. The number of aliphatic hydroxyl groups is 1. The van der Waals surface area contributed by atoms with E-state index in [9.17, 15) is 14.7 Å². The third-order valence-electron chi connectivity index (χ3n) is 5.14. The summed E-state index contributed by atoms with van der Waals surface area (Å²) < 4.78 is 5.99. The van der Waals surface area contributed by atoms with Crippen LogP contribution in [0.2, 0.25) is 10.0 Å². The quantitative estimate of drug-likeness (QED) is 0.538. The number of benzene rings is 2. The number of hydrogen-bond acceptors (Lipinski definition) is 5. The van der Waals surface area contributed by atoms with E-state index in [0.29, 0.717) is 33.6 Å². The van der Waals surface area contributed by atoms with Crippen LogP contribution in [0.4, 0.5) is 5.69 Å². The van der Waals surface area contributed by atoms with Gasteiger partial charge in [-0.15, -0.1) is 0 Å². The van der Waals surface area contributed by atoms with Gasteiger partial charge >= 0.3 is 0 Å². The van der Waals surface area contributed by atoms with Crippen LogP contribution in [0.1, 0.15) is 30.1 Å². The molecule has 1 heterocycles. The summed E-state index contributed by atoms with van der Waals surface area (Å²) in [5.41, 5.74) is 0.973. The maximum atomic E-state index is 12.4. The molecule has 1 fully saturated rings. The Morgan fingerprint density at radius 1 is 1.16 bits per heavy atom. The number of rotatable bonds is 8. The minimum Gasteiger partial charge on any atom is -0.490 e. The summed E-state index contributed by atoms with van der Waals surface area (Å²) >= 11 is 12.0. The highest BCUT2D eigenvalue weighted by Gasteiger charge is 2.22. The van der Waals surface area contributed by atoms with Gasteiger partial charge < -0.3 is 25.4 Å². The van der Waals surface area contributed by atoms with Gasteiger partial charge in [0, 0.05) is 50.4 Å². The average molecular weight is 480 g/mol. The Labute approximate surface area is 197 Å². The van der Waals surface area contributed by atoms with Crippen molar-refractivity contribution < 1.29 is 19.4 Å². The molecule has 0 saturated carbocycles. The maximum Gasteiger partial charge on any atom is 0.251 e. The van der Waals surface area contributed by atoms with E-state index >= 15 is 0 Å². The smallest absolute Gasteiger partial charge is 0.251 e. The number of anilines is 1. The molecule has 1 saturated heterocycles. The van der Waals surface area contributed by atoms with Crippen LogP contribution in [0.3, 0.4) is 0 Å². The molecule has 7 nitrogen and oxygen atoms in total. The van der Waals surface area contributed by atoms with E-state index in [-0.39, 0.29) is 24.5 Å². The van der Waals surface area contributed by atoms with Gasteiger partial charge in [-0.2, -0.15) is 0 Å². The predicted molar refractivity (Wildman–Crippen MR) is 126 cm³/mol. The molecule has 1 aliphatic heterocycles. The van der Waals surface area contributed by atoms with Crippen molar-refractivity contribution in [1.82, 2.24) is 10.2 Å². The lowest BCUT2D eigenvalue weighted by atomic mass is 10.1. The number of β-amino-alcohol motifs (C(OH)–C–C–N with tert-alkyl or cyclic N) is 1. The van der Waals surface area contributed by atoms with Crippen molar-refractivity contribution in [3.63, 3.8) is 0 Å². The first-order chi connectivity index (χ1) is 15.3. The first-order valence-electron chi connectivity index (χ1n) is 10.5. The number of nitrogens with one attached hydrogen (secondary N) is 2. The number of ether oxygens (including phenoxy) is 1. The Balaban J connectivity index is 1.39. The number of carbonyl (C=O) groups is 2. The van der Waals surface area contributed by atoms with Gasteiger partial charge in [0.15, 0.2) is 0 Å². The van der Waals surface area contributed by atoms with E-state index in [1.165, 1.54) is 6.92 Å². The molecule has 1 unspecified atom stereocenters. The predicted octanol–water partition coefficient (Wildman–Crippen LogP) is 3.59. The topological polar surface area (TPSA) is 90.9 Å². The largest absolute Gasteiger partial charge is 0.490 e. The van der Waals surface area contributed by atoms with Crippen molar-refractivity contribution in [3.8, 4) is 5.75 Å². The Morgan fingerprint density at radius 3 is 2.59 bits per heavy atom. The molecule has 3 N–H and O–H groups in total. The average Bonchev–Trinajstić information content (AvgIpc) is 2.76. The van der Waals surface area contributed by atoms with Crippen LogP contribution in [0.5, 0.6) is 5.75 Å². The third kappa shape index (κ3) is 7.38. The molecule has 0 aliphatic carbocycles. The van der Waals surface area contributed by atoms with Crippen LogP contribution in [0, 0.1) is 0 Å². The summed E-state index contributed by atoms with van der Waals surface area (Å²) in [6.07, 6.45) is 1.05. The van der Waals surface area contributed by atoms with E-state index < -0.39 is 6.10 Å². The summed E-state index contributed by atoms with van der Waals surface area (Å²) in [6, 6.07) is 11.9. The molecule has 9 heteroatoms. The Hall–Kier alpha value is -2.32. The van der Waals surface area contributed by atoms with Crippen molar-refractivity contribution in [3.05, 3.63) is 58.1 Å². The van der Waals surface area contributed by atoms with Crippen LogP contribution in [0.25, 0.3) is 0 Å². The Kier molecular flexibility index (Phi) is 8.75. The van der Waals surface area contributed by atoms with E-state index in [1.807, 2.05) is 0 Å². The zero-order valence-electron chi connectivity index (χ0n) is 17.8. The second-order valence-corrected chi connectivity index (χ2v) is 8.63. The second-order valence-electron chi connectivity index (χ2n) is 7.82. The number of likely N-dealkylation sites (tertiary alicyclic amines) is 1. The van der Waals surface area contributed by atoms with Crippen molar-refractivity contribution in [2.45, 2.75) is 32.0 Å². The Bertz CT molecular complexity index is 949. The lowest BCUT2D eigenvalue weighted by molar-refractivity contribution is -0.114. The molecule has 2 amide bonds. The number of halogens is 2. The van der Waals surface area contributed by atoms with Crippen LogP contribution in [0.15, 0.2) is 42.5 Å². The number of carbonyl (C=O) groups excluding carboxylic acids is 2. The summed E-state index contributed by atoms with van der Waals surface area (Å²) in [7, 11) is 0. The zero-order valence-corrected chi connectivity index (χ0v) is 19.3. The van der Waals surface area contributed by atoms with Gasteiger partial charge in [-0.25, -0.2) is 0 Å². The minimum absolute atomic E-state index is 0.0798. The highest BCUT2D eigenvalue weighted by atomic mass is 35.5. The van der Waals surface area contributed by atoms with Crippen LogP contribution < -0.4 is 15.4 Å². The van der Waals surface area contributed by atoms with Crippen LogP contribution >= 0.6 is 23.2 Å². The molecule has 2 aromatic rings. The summed E-state index contributed by atoms with van der Waals surface area (Å²) in [6.45, 7) is 3.59. The van der Waals surface area contributed by atoms with E-state index in [4.69, 9.17) is 27.9 Å². The fraction of sp³-hybridized carbons (Fsp3) is 0.391. The molecule has 0 aromatic heterocycles. The first-order valence-corrected chi connectivity index (χ1v) is 11.2. The highest BCUT2D eigenvalue weighted by Crippen LogP contribution is 2.28. The summed E-state index contributed by atoms with van der Waals surface area (Å²) in [5, 5.41) is 16.7. The molecular weight excluding hydrogens is 453 g/mol. The van der Waals surface area contributed by atoms with Crippen molar-refractivity contribution in [2.75, 3.05) is 31.5 Å². The number of amides is 2. The maximum absolute atomic E-state index is 12.4. The standard InChI is InChI=1S/C23H27Cl2N3O4/c1-15(29)27-17-4-2-3-16(11-17)23(31)26-13-18(30)14-28-9-7-19(8-10-28)32-20-5-6-21(24)22(25)12-20/h2-6,11-12,18-19,30H,7-10,13-14H2,1H3,(H,26,31)(H,27,29). The molecule has 0 spiro atoms. The second kappa shape index (κ2) is 11.5. The van der Waals surface area contributed by atoms with Crippen molar-refractivity contribution >= 4 is 40.7 Å². The minimum atomic E-state index is -0.690. The van der Waals surface area contributed by atoms with Crippen LogP contribution in [-0.4, -0.2) is 60.2 Å². The molecule has 172 valence electrons. The number of hydrogen-bond donors (Lipinski definition) is 3. The van der Waals surface area contributed by atoms with E-state index in [0.717, 1.165) is 25.9 Å². The first kappa shape index (κ1) is 24.3. The van der Waals surface area contributed by atoms with Crippen molar-refractivity contribution in [1.29, 1.82) is 0 Å². The van der Waals surface area contributed by atoms with Crippen LogP contribution in [-0.2, 0) is 4.79 Å². The lowest BCUT2D eigenvalue weighted by Crippen LogP contribution is -2.45. The fourth-order valence-corrected chi connectivity index (χ4v) is 3.86. The van der Waals surface area contributed by atoms with E-state index in [2.05, 4.69) is 15.5 Å². The highest BCUT2D eigenvalue weighted by molar-refractivity contribution is 6.42. The summed E-state index contributed by atoms with van der Waals surface area (Å²) in [4.78, 5) is 25.7. The Morgan fingerprint density at radius 2 is 1.91 bits per heavy atom. The van der Waals surface area contributed by atoms with Gasteiger partial charge in [0.25, 0.3) is 5.91 Å². The molecule has 1 aliphatic rings. The van der Waals surface area contributed by atoms with Crippen molar-refractivity contribution in [2.24, 2.45) is 0 Å². The van der Waals surface area contributed by atoms with Gasteiger partial charge in [0.05, 0.1) is 16.1 Å². The van der Waals surface area contributed by atoms with E-state index in [1.54, 1.807) is 42.5 Å². The van der Waals surface area contributed by atoms with Gasteiger partial charge in [0.2, 0.25) is 5.91 Å². The molecular formula is C23H27Cl2N3O4. The SMILES string of the molecule is CC(=O)Nc1cccc(C(=O)NCC(O)CN2CCC(Oc3ccc(Cl)c(Cl)c3)CC2)c1. The van der Waals surface area contributed by atoms with Gasteiger partial charge in [0.1, 0.15) is 11.9 Å². The molecule has 3 rings (SSSR count). The number of piperidine rings is 1. The lowest BCUT2D eigenvalue weighted by Gasteiger charge is -2.33. The third-order valence-corrected chi connectivity index (χ3v) is 5.88. The van der Waals surface area contributed by atoms with Gasteiger partial charge in [-0.3, -0.25) is 9.59 Å². The monoisotopic (exact) mass is 479 g/mol. The molecule has 2 aromatic carbocycles. The fourth-order valence-electron chi connectivity index (χ4n) is 3.57.